The highest BCUT2D eigenvalue weighted by molar-refractivity contribution is 8.00. The molecule has 3 aromatic carbocycles. The number of ether oxygens (including phenoxy) is 3. The van der Waals surface area contributed by atoms with Gasteiger partial charge < -0.3 is 25.3 Å². The van der Waals surface area contributed by atoms with E-state index in [0.29, 0.717) is 45.3 Å². The lowest BCUT2D eigenvalue weighted by molar-refractivity contribution is -0.117. The lowest BCUT2D eigenvalue weighted by atomic mass is 9.94. The highest BCUT2D eigenvalue weighted by atomic mass is 32.2. The van der Waals surface area contributed by atoms with Crippen molar-refractivity contribution < 1.29 is 23.8 Å². The normalized spacial score (nSPS) is 11.2. The van der Waals surface area contributed by atoms with Crippen LogP contribution in [0.4, 0.5) is 5.69 Å². The van der Waals surface area contributed by atoms with Gasteiger partial charge in [-0.15, -0.1) is 0 Å². The summed E-state index contributed by atoms with van der Waals surface area (Å²) in [5.74, 6) is 0.280. The molecule has 0 unspecified atom stereocenters. The summed E-state index contributed by atoms with van der Waals surface area (Å²) in [6.07, 6.45) is 0. The first-order valence-corrected chi connectivity index (χ1v) is 13.3. The minimum absolute atomic E-state index is 0.111. The van der Waals surface area contributed by atoms with Gasteiger partial charge in [-0.3, -0.25) is 9.59 Å². The summed E-state index contributed by atoms with van der Waals surface area (Å²) in [5, 5.41) is 12.8. The summed E-state index contributed by atoms with van der Waals surface area (Å²) in [5.41, 5.74) is 8.38. The van der Waals surface area contributed by atoms with Gasteiger partial charge in [-0.2, -0.15) is 5.26 Å². The Hall–Kier alpha value is -5.01. The van der Waals surface area contributed by atoms with Gasteiger partial charge in [-0.25, -0.2) is 4.98 Å². The Bertz CT molecular complexity index is 1640. The number of nitriles is 1. The molecule has 1 atom stereocenters. The molecule has 0 saturated carbocycles. The molecule has 0 radical (unpaired) electrons. The summed E-state index contributed by atoms with van der Waals surface area (Å²) < 4.78 is 16.3. The van der Waals surface area contributed by atoms with Crippen LogP contribution >= 0.6 is 11.8 Å². The van der Waals surface area contributed by atoms with Crippen LogP contribution in [0.15, 0.2) is 77.8 Å². The number of nitrogens with zero attached hydrogens (tertiary/aromatic N) is 2. The predicted molar refractivity (Wildman–Crippen MR) is 157 cm³/mol. The Morgan fingerprint density at radius 2 is 1.59 bits per heavy atom. The number of rotatable bonds is 10. The number of pyridine rings is 1. The second-order valence-electron chi connectivity index (χ2n) is 8.77. The third-order valence-electron chi connectivity index (χ3n) is 6.30. The molecule has 0 fully saturated rings. The summed E-state index contributed by atoms with van der Waals surface area (Å²) in [6.45, 7) is 1.67. The number of benzene rings is 3. The topological polar surface area (TPSA) is 137 Å². The zero-order chi connectivity index (χ0) is 29.5. The summed E-state index contributed by atoms with van der Waals surface area (Å²) in [7, 11) is 4.52. The van der Waals surface area contributed by atoms with Gasteiger partial charge in [-0.05, 0) is 42.3 Å². The van der Waals surface area contributed by atoms with Crippen LogP contribution in [0.25, 0.3) is 11.1 Å². The first-order valence-electron chi connectivity index (χ1n) is 12.4. The molecule has 3 N–H and O–H groups in total. The van der Waals surface area contributed by atoms with Crippen LogP contribution in [0.1, 0.15) is 32.4 Å². The molecule has 0 aliphatic heterocycles. The average Bonchev–Trinajstić information content (AvgIpc) is 2.99. The molecular formula is C31H28N4O5S. The number of aryl methyl sites for hydroxylation is 1. The van der Waals surface area contributed by atoms with Crippen LogP contribution in [0, 0.1) is 18.3 Å². The van der Waals surface area contributed by atoms with Gasteiger partial charge in [-0.1, -0.05) is 60.3 Å². The van der Waals surface area contributed by atoms with Crippen LogP contribution in [0.3, 0.4) is 0 Å². The highest BCUT2D eigenvalue weighted by Gasteiger charge is 2.29. The molecule has 10 heteroatoms. The smallest absolute Gasteiger partial charge is 0.258 e. The maximum Gasteiger partial charge on any atom is 0.258 e. The number of hydrogen-bond acceptors (Lipinski definition) is 8. The molecule has 9 nitrogen and oxygen atoms in total. The van der Waals surface area contributed by atoms with Gasteiger partial charge in [0.15, 0.2) is 11.5 Å². The quantitative estimate of drug-likeness (QED) is 0.239. The number of primary amides is 1. The number of anilines is 1. The molecule has 41 heavy (non-hydrogen) atoms. The zero-order valence-electron chi connectivity index (χ0n) is 22.9. The van der Waals surface area contributed by atoms with E-state index in [0.717, 1.165) is 11.8 Å². The van der Waals surface area contributed by atoms with Crippen LogP contribution in [-0.2, 0) is 4.79 Å². The number of hydrogen-bond donors (Lipinski definition) is 2. The van der Waals surface area contributed by atoms with E-state index in [1.165, 1.54) is 21.3 Å². The van der Waals surface area contributed by atoms with Gasteiger partial charge >= 0.3 is 0 Å². The fourth-order valence-corrected chi connectivity index (χ4v) is 5.47. The van der Waals surface area contributed by atoms with E-state index in [1.54, 1.807) is 73.7 Å². The van der Waals surface area contributed by atoms with Gasteiger partial charge in [0.05, 0.1) is 43.8 Å². The van der Waals surface area contributed by atoms with Crippen LogP contribution in [0.5, 0.6) is 17.2 Å². The first-order chi connectivity index (χ1) is 19.8. The lowest BCUT2D eigenvalue weighted by Gasteiger charge is -2.20. The van der Waals surface area contributed by atoms with E-state index in [1.807, 2.05) is 6.07 Å². The minimum Gasteiger partial charge on any atom is -0.495 e. The highest BCUT2D eigenvalue weighted by Crippen LogP contribution is 2.42. The molecule has 208 valence electrons. The number of aromatic nitrogens is 1. The zero-order valence-corrected chi connectivity index (χ0v) is 23.7. The van der Waals surface area contributed by atoms with E-state index < -0.39 is 17.1 Å². The Morgan fingerprint density at radius 1 is 0.927 bits per heavy atom. The molecule has 2 amide bonds. The molecule has 1 heterocycles. The molecule has 4 aromatic rings. The Labute approximate surface area is 242 Å². The summed E-state index contributed by atoms with van der Waals surface area (Å²) in [6, 6.07) is 23.3. The number of methoxy groups -OCH3 is 3. The molecule has 1 aromatic heterocycles. The molecule has 0 aliphatic carbocycles. The van der Waals surface area contributed by atoms with Crippen molar-refractivity contribution in [1.82, 2.24) is 4.98 Å². The monoisotopic (exact) mass is 568 g/mol. The third-order valence-corrected chi connectivity index (χ3v) is 7.56. The number of thioether (sulfide) groups is 1. The second-order valence-corrected chi connectivity index (χ2v) is 9.87. The van der Waals surface area contributed by atoms with Crippen LogP contribution < -0.4 is 25.3 Å². The molecule has 0 bridgehead atoms. The maximum atomic E-state index is 13.9. The van der Waals surface area contributed by atoms with Crippen molar-refractivity contribution in [3.63, 3.8) is 0 Å². The van der Waals surface area contributed by atoms with E-state index >= 15 is 0 Å². The van der Waals surface area contributed by atoms with Crippen molar-refractivity contribution in [2.45, 2.75) is 17.2 Å². The lowest BCUT2D eigenvalue weighted by Crippen LogP contribution is -2.20. The molecule has 0 spiro atoms. The van der Waals surface area contributed by atoms with Crippen LogP contribution in [0.2, 0.25) is 0 Å². The number of carbonyl (C=O) groups excluding carboxylic acids is 2. The average molecular weight is 569 g/mol. The minimum atomic E-state index is -0.818. The van der Waals surface area contributed by atoms with Gasteiger partial charge in [0.25, 0.3) is 5.91 Å². The maximum absolute atomic E-state index is 13.9. The number of carbonyl (C=O) groups is 2. The van der Waals surface area contributed by atoms with Crippen molar-refractivity contribution in [1.29, 1.82) is 5.26 Å². The van der Waals surface area contributed by atoms with Gasteiger partial charge in [0.2, 0.25) is 5.91 Å². The molecule has 0 aliphatic rings. The Morgan fingerprint density at radius 3 is 2.22 bits per heavy atom. The van der Waals surface area contributed by atoms with Crippen LogP contribution in [-0.4, -0.2) is 38.1 Å². The molecule has 0 saturated heterocycles. The van der Waals surface area contributed by atoms with E-state index in [-0.39, 0.29) is 16.2 Å². The van der Waals surface area contributed by atoms with E-state index in [2.05, 4.69) is 16.4 Å². The summed E-state index contributed by atoms with van der Waals surface area (Å²) >= 11 is 1.06. The van der Waals surface area contributed by atoms with Crippen molar-refractivity contribution >= 4 is 29.3 Å². The Balaban J connectivity index is 1.94. The number of nitrogens with one attached hydrogen (secondary N) is 1. The Kier molecular flexibility index (Phi) is 9.12. The molecular weight excluding hydrogens is 540 g/mol. The van der Waals surface area contributed by atoms with Gasteiger partial charge in [0, 0.05) is 5.56 Å². The first kappa shape index (κ1) is 29.0. The fraction of sp³-hybridized carbons (Fsp3) is 0.161. The number of para-hydroxylation sites is 2. The fourth-order valence-electron chi connectivity index (χ4n) is 4.39. The third kappa shape index (κ3) is 6.10. The largest absolute Gasteiger partial charge is 0.495 e. The number of amides is 2. The van der Waals surface area contributed by atoms with E-state index in [9.17, 15) is 14.9 Å². The van der Waals surface area contributed by atoms with Crippen molar-refractivity contribution in [3.8, 4) is 34.4 Å². The predicted octanol–water partition coefficient (Wildman–Crippen LogP) is 5.53. The summed E-state index contributed by atoms with van der Waals surface area (Å²) in [4.78, 5) is 31.0. The molecule has 4 rings (SSSR count). The second kappa shape index (κ2) is 12.9. The van der Waals surface area contributed by atoms with Crippen molar-refractivity contribution in [2.24, 2.45) is 5.73 Å². The van der Waals surface area contributed by atoms with Gasteiger partial charge in [0.1, 0.15) is 22.1 Å². The van der Waals surface area contributed by atoms with Crippen molar-refractivity contribution in [2.75, 3.05) is 26.6 Å². The standard InChI is InChI=1S/C31H28N4O5S/c1-18-26(30(37)35-22-12-8-9-13-23(22)38-2)27(20-14-15-24(39-3)25(16-20)40-4)21(17-32)31(34-18)41-28(29(33)36)19-10-6-5-7-11-19/h5-16,28H,1-4H3,(H2,33,36)(H,35,37)/t28-/m0/s1. The van der Waals surface area contributed by atoms with E-state index in [4.69, 9.17) is 19.9 Å². The number of nitrogens with two attached hydrogens (primary N) is 1. The van der Waals surface area contributed by atoms with Crippen molar-refractivity contribution in [3.05, 3.63) is 95.2 Å². The SMILES string of the molecule is COc1ccccc1NC(=O)c1c(C)nc(S[C@H](C(N)=O)c2ccccc2)c(C#N)c1-c1ccc(OC)c(OC)c1.